The SMILES string of the molecule is CCNCCNc1ccc(N2CC(CNC(=S)OC)OC2=O)cc1F. The van der Waals surface area contributed by atoms with Crippen molar-refractivity contribution < 1.29 is 18.7 Å². The van der Waals surface area contributed by atoms with Crippen molar-refractivity contribution in [1.29, 1.82) is 0 Å². The van der Waals surface area contributed by atoms with Crippen LogP contribution in [0.3, 0.4) is 0 Å². The first-order chi connectivity index (χ1) is 12.0. The fourth-order valence-corrected chi connectivity index (χ4v) is 2.47. The maximum Gasteiger partial charge on any atom is 0.414 e. The molecule has 1 amide bonds. The van der Waals surface area contributed by atoms with Gasteiger partial charge in [-0.15, -0.1) is 0 Å². The van der Waals surface area contributed by atoms with E-state index in [1.54, 1.807) is 12.1 Å². The van der Waals surface area contributed by atoms with Crippen LogP contribution in [0, 0.1) is 5.82 Å². The third-order valence-corrected chi connectivity index (χ3v) is 3.98. The van der Waals surface area contributed by atoms with E-state index in [1.807, 2.05) is 6.92 Å². The van der Waals surface area contributed by atoms with Crippen LogP contribution in [0.4, 0.5) is 20.6 Å². The summed E-state index contributed by atoms with van der Waals surface area (Å²) < 4.78 is 24.3. The number of nitrogens with one attached hydrogen (secondary N) is 3. The topological polar surface area (TPSA) is 74.9 Å². The summed E-state index contributed by atoms with van der Waals surface area (Å²) in [6.07, 6.45) is -0.899. The highest BCUT2D eigenvalue weighted by molar-refractivity contribution is 7.80. The summed E-state index contributed by atoms with van der Waals surface area (Å²) in [4.78, 5) is 13.4. The van der Waals surface area contributed by atoms with E-state index in [1.165, 1.54) is 18.1 Å². The number of rotatable bonds is 8. The maximum absolute atomic E-state index is 14.2. The molecule has 138 valence electrons. The number of nitrogens with zero attached hydrogens (tertiary/aromatic N) is 1. The molecule has 1 saturated heterocycles. The van der Waals surface area contributed by atoms with Crippen molar-refractivity contribution in [3.63, 3.8) is 0 Å². The number of thiocarbonyl (C=S) groups is 1. The molecule has 25 heavy (non-hydrogen) atoms. The van der Waals surface area contributed by atoms with Gasteiger partial charge < -0.3 is 25.4 Å². The number of ether oxygens (including phenoxy) is 2. The van der Waals surface area contributed by atoms with Gasteiger partial charge in [-0.3, -0.25) is 4.90 Å². The van der Waals surface area contributed by atoms with Crippen molar-refractivity contribution >= 4 is 34.9 Å². The highest BCUT2D eigenvalue weighted by atomic mass is 32.1. The Labute approximate surface area is 151 Å². The second-order valence-electron chi connectivity index (χ2n) is 5.43. The minimum Gasteiger partial charge on any atom is -0.474 e. The summed E-state index contributed by atoms with van der Waals surface area (Å²) in [5.74, 6) is -0.413. The van der Waals surface area contributed by atoms with Crippen molar-refractivity contribution in [2.45, 2.75) is 13.0 Å². The lowest BCUT2D eigenvalue weighted by atomic mass is 10.2. The Morgan fingerprint density at radius 3 is 2.96 bits per heavy atom. The van der Waals surface area contributed by atoms with Crippen molar-refractivity contribution in [3.8, 4) is 0 Å². The quantitative estimate of drug-likeness (QED) is 0.475. The summed E-state index contributed by atoms with van der Waals surface area (Å²) in [5, 5.41) is 9.23. The first-order valence-corrected chi connectivity index (χ1v) is 8.50. The summed E-state index contributed by atoms with van der Waals surface area (Å²) in [7, 11) is 1.46. The lowest BCUT2D eigenvalue weighted by molar-refractivity contribution is 0.142. The third-order valence-electron chi connectivity index (χ3n) is 3.67. The molecule has 0 saturated carbocycles. The van der Waals surface area contributed by atoms with E-state index in [0.29, 0.717) is 31.0 Å². The van der Waals surface area contributed by atoms with Crippen LogP contribution >= 0.6 is 12.2 Å². The Kier molecular flexibility index (Phi) is 7.20. The predicted octanol–water partition coefficient (Wildman–Crippen LogP) is 1.69. The zero-order chi connectivity index (χ0) is 18.2. The summed E-state index contributed by atoms with van der Waals surface area (Å²) in [5.41, 5.74) is 0.856. The summed E-state index contributed by atoms with van der Waals surface area (Å²) >= 11 is 4.88. The number of cyclic esters (lactones) is 1. The molecule has 1 heterocycles. The smallest absolute Gasteiger partial charge is 0.414 e. The molecule has 1 fully saturated rings. The lowest BCUT2D eigenvalue weighted by Crippen LogP contribution is -2.34. The van der Waals surface area contributed by atoms with Gasteiger partial charge in [-0.05, 0) is 37.0 Å². The standard InChI is InChI=1S/C16H23FN4O3S/c1-3-18-6-7-19-14-5-4-11(8-13(14)17)21-10-12(24-16(21)22)9-20-15(25)23-2/h4-5,8,12,18-19H,3,6-7,9-10H2,1-2H3,(H,20,25). The van der Waals surface area contributed by atoms with Crippen molar-refractivity contribution in [1.82, 2.24) is 10.6 Å². The number of halogens is 1. The predicted molar refractivity (Wildman–Crippen MR) is 98.7 cm³/mol. The van der Waals surface area contributed by atoms with Crippen molar-refractivity contribution in [2.24, 2.45) is 0 Å². The fourth-order valence-electron chi connectivity index (χ4n) is 2.39. The average molecular weight is 370 g/mol. The van der Waals surface area contributed by atoms with Crippen LogP contribution in [0.5, 0.6) is 0 Å². The van der Waals surface area contributed by atoms with Gasteiger partial charge in [0.1, 0.15) is 11.9 Å². The van der Waals surface area contributed by atoms with Crippen LogP contribution in [0.1, 0.15) is 6.92 Å². The van der Waals surface area contributed by atoms with Crippen molar-refractivity contribution in [2.75, 3.05) is 50.1 Å². The molecule has 3 N–H and O–H groups in total. The highest BCUT2D eigenvalue weighted by Gasteiger charge is 2.32. The molecule has 0 bridgehead atoms. The second kappa shape index (κ2) is 9.38. The van der Waals surface area contributed by atoms with E-state index in [9.17, 15) is 9.18 Å². The molecule has 1 aliphatic rings. The monoisotopic (exact) mass is 370 g/mol. The molecule has 0 spiro atoms. The largest absolute Gasteiger partial charge is 0.474 e. The minimum atomic E-state index is -0.512. The van der Waals surface area contributed by atoms with Crippen LogP contribution in [0.25, 0.3) is 0 Å². The Bertz CT molecular complexity index is 617. The molecule has 7 nitrogen and oxygen atoms in total. The fraction of sp³-hybridized carbons (Fsp3) is 0.500. The van der Waals surface area contributed by atoms with Gasteiger partial charge in [0.05, 0.1) is 31.6 Å². The maximum atomic E-state index is 14.2. The Hall–Kier alpha value is -2.13. The third kappa shape index (κ3) is 5.43. The number of carbonyl (C=O) groups is 1. The highest BCUT2D eigenvalue weighted by Crippen LogP contribution is 2.25. The number of hydrogen-bond donors (Lipinski definition) is 3. The van der Waals surface area contributed by atoms with Gasteiger partial charge in [-0.1, -0.05) is 6.92 Å². The molecule has 1 aliphatic heterocycles. The van der Waals surface area contributed by atoms with E-state index in [2.05, 4.69) is 16.0 Å². The number of benzene rings is 1. The Morgan fingerprint density at radius 1 is 1.48 bits per heavy atom. The Balaban J connectivity index is 1.93. The van der Waals surface area contributed by atoms with Gasteiger partial charge in [-0.2, -0.15) is 0 Å². The molecule has 0 aromatic heterocycles. The number of hydrogen-bond acceptors (Lipinski definition) is 6. The van der Waals surface area contributed by atoms with E-state index in [-0.39, 0.29) is 11.3 Å². The molecule has 2 rings (SSSR count). The molecular formula is C16H23FN4O3S. The summed E-state index contributed by atoms with van der Waals surface area (Å²) in [6.45, 7) is 4.88. The number of methoxy groups -OCH3 is 1. The van der Waals surface area contributed by atoms with Crippen molar-refractivity contribution in [3.05, 3.63) is 24.0 Å². The molecular weight excluding hydrogens is 347 g/mol. The molecule has 0 radical (unpaired) electrons. The molecule has 0 aliphatic carbocycles. The normalized spacial score (nSPS) is 16.5. The van der Waals surface area contributed by atoms with Crippen LogP contribution in [0.15, 0.2) is 18.2 Å². The average Bonchev–Trinajstić information content (AvgIpc) is 2.98. The first-order valence-electron chi connectivity index (χ1n) is 8.09. The molecule has 1 aromatic carbocycles. The molecule has 1 unspecified atom stereocenters. The van der Waals surface area contributed by atoms with E-state index < -0.39 is 11.9 Å². The van der Waals surface area contributed by atoms with Gasteiger partial charge in [0.2, 0.25) is 0 Å². The molecule has 1 aromatic rings. The lowest BCUT2D eigenvalue weighted by Gasteiger charge is -2.15. The Morgan fingerprint density at radius 2 is 2.28 bits per heavy atom. The van der Waals surface area contributed by atoms with Gasteiger partial charge in [0, 0.05) is 13.1 Å². The van der Waals surface area contributed by atoms with Gasteiger partial charge in [0.15, 0.2) is 0 Å². The van der Waals surface area contributed by atoms with E-state index in [0.717, 1.165) is 13.1 Å². The van der Waals surface area contributed by atoms with E-state index >= 15 is 0 Å². The zero-order valence-electron chi connectivity index (χ0n) is 14.3. The van der Waals surface area contributed by atoms with Crippen LogP contribution in [-0.2, 0) is 9.47 Å². The number of carbonyl (C=O) groups excluding carboxylic acids is 1. The summed E-state index contributed by atoms with van der Waals surface area (Å²) in [6, 6.07) is 4.64. The molecule has 9 heteroatoms. The number of likely N-dealkylation sites (N-methyl/N-ethyl adjacent to an activating group) is 1. The number of anilines is 2. The van der Waals surface area contributed by atoms with Gasteiger partial charge in [-0.25, -0.2) is 9.18 Å². The minimum absolute atomic E-state index is 0.230. The van der Waals surface area contributed by atoms with Crippen LogP contribution in [-0.4, -0.2) is 57.2 Å². The van der Waals surface area contributed by atoms with E-state index in [4.69, 9.17) is 21.7 Å². The molecule has 1 atom stereocenters. The number of amides is 1. The second-order valence-corrected chi connectivity index (χ2v) is 5.80. The zero-order valence-corrected chi connectivity index (χ0v) is 15.1. The van der Waals surface area contributed by atoms with Crippen LogP contribution in [0.2, 0.25) is 0 Å². The van der Waals surface area contributed by atoms with Crippen LogP contribution < -0.4 is 20.9 Å². The first kappa shape index (κ1) is 19.2. The van der Waals surface area contributed by atoms with Gasteiger partial charge >= 0.3 is 6.09 Å². The van der Waals surface area contributed by atoms with Gasteiger partial charge in [0.25, 0.3) is 5.17 Å².